The molecule has 0 saturated heterocycles. The van der Waals surface area contributed by atoms with Crippen LogP contribution in [0.4, 0.5) is 0 Å². The second-order valence-electron chi connectivity index (χ2n) is 11.0. The van der Waals surface area contributed by atoms with Crippen molar-refractivity contribution >= 4 is 5.97 Å². The smallest absolute Gasteiger partial charge is 0.303 e. The maximum Gasteiger partial charge on any atom is 0.303 e. The van der Waals surface area contributed by atoms with Crippen LogP contribution in [-0.4, -0.2) is 23.7 Å². The molecule has 0 radical (unpaired) electrons. The van der Waals surface area contributed by atoms with Crippen molar-refractivity contribution in [3.63, 3.8) is 0 Å². The molecule has 0 aromatic rings. The summed E-state index contributed by atoms with van der Waals surface area (Å²) in [5.41, 5.74) is 0. The van der Waals surface area contributed by atoms with Gasteiger partial charge >= 0.3 is 5.97 Å². The number of unbranched alkanes of at least 4 members (excludes halogenated alkanes) is 22. The van der Waals surface area contributed by atoms with Crippen LogP contribution in [0.25, 0.3) is 0 Å². The van der Waals surface area contributed by atoms with Gasteiger partial charge in [-0.05, 0) is 19.4 Å². The van der Waals surface area contributed by atoms with E-state index in [0.29, 0.717) is 12.5 Å². The third-order valence-corrected chi connectivity index (χ3v) is 6.83. The molecule has 0 atom stereocenters. The molecule has 0 aromatic carbocycles. The highest BCUT2D eigenvalue weighted by atomic mass is 16.4. The van der Waals surface area contributed by atoms with E-state index in [9.17, 15) is 4.79 Å². The standard InChI is InChI=1S/C18H36O2.C14H31N/c1-2-3-4-5-6-7-8-9-10-11-12-13-14-15-16-17-18(19)20;1-4-5-6-7-8-9-10-11-12-13-15-14(2)3/h2-17H2,1H3,(H,19,20);14-15H,4-13H2,1-3H3. The highest BCUT2D eigenvalue weighted by Gasteiger charge is 1.97. The average molecular weight is 498 g/mol. The number of hydrogen-bond acceptors (Lipinski definition) is 2. The largest absolute Gasteiger partial charge is 0.481 e. The van der Waals surface area contributed by atoms with Crippen LogP contribution in [-0.2, 0) is 4.79 Å². The van der Waals surface area contributed by atoms with Gasteiger partial charge in [0.25, 0.3) is 0 Å². The van der Waals surface area contributed by atoms with Crippen molar-refractivity contribution in [3.8, 4) is 0 Å². The lowest BCUT2D eigenvalue weighted by Gasteiger charge is -2.07. The summed E-state index contributed by atoms with van der Waals surface area (Å²) in [6.07, 6.45) is 33.0. The molecule has 0 amide bonds. The highest BCUT2D eigenvalue weighted by Crippen LogP contribution is 2.13. The molecule has 2 N–H and O–H groups in total. The third kappa shape index (κ3) is 40.9. The molecule has 0 spiro atoms. The summed E-state index contributed by atoms with van der Waals surface area (Å²) < 4.78 is 0. The Morgan fingerprint density at radius 3 is 1.09 bits per heavy atom. The van der Waals surface area contributed by atoms with Gasteiger partial charge in [-0.15, -0.1) is 0 Å². The van der Waals surface area contributed by atoms with Crippen molar-refractivity contribution in [2.45, 2.75) is 194 Å². The van der Waals surface area contributed by atoms with E-state index in [1.54, 1.807) is 0 Å². The van der Waals surface area contributed by atoms with Gasteiger partial charge in [-0.1, -0.05) is 169 Å². The van der Waals surface area contributed by atoms with Gasteiger partial charge in [-0.2, -0.15) is 0 Å². The molecule has 212 valence electrons. The Labute approximate surface area is 222 Å². The second kappa shape index (κ2) is 33.4. The summed E-state index contributed by atoms with van der Waals surface area (Å²) >= 11 is 0. The molecule has 0 aliphatic heterocycles. The van der Waals surface area contributed by atoms with Crippen molar-refractivity contribution in [3.05, 3.63) is 0 Å². The second-order valence-corrected chi connectivity index (χ2v) is 11.0. The van der Waals surface area contributed by atoms with Crippen LogP contribution < -0.4 is 5.32 Å². The molecule has 0 heterocycles. The number of carbonyl (C=O) groups is 1. The Kier molecular flexibility index (Phi) is 34.9. The lowest BCUT2D eigenvalue weighted by molar-refractivity contribution is -0.137. The number of carboxylic acid groups (broad SMARTS) is 1. The minimum atomic E-state index is -0.653. The molecule has 0 aromatic heterocycles. The summed E-state index contributed by atoms with van der Waals surface area (Å²) in [5, 5.41) is 12.0. The fraction of sp³-hybridized carbons (Fsp3) is 0.969. The van der Waals surface area contributed by atoms with Crippen LogP contribution in [0.15, 0.2) is 0 Å². The summed E-state index contributed by atoms with van der Waals surface area (Å²) in [5.74, 6) is -0.653. The zero-order valence-electron chi connectivity index (χ0n) is 24.8. The monoisotopic (exact) mass is 498 g/mol. The SMILES string of the molecule is CCCCCCCCCCCCCCCCCC(=O)O.CCCCCCCCCCCNC(C)C. The lowest BCUT2D eigenvalue weighted by atomic mass is 10.0. The van der Waals surface area contributed by atoms with E-state index in [1.807, 2.05) is 0 Å². The summed E-state index contributed by atoms with van der Waals surface area (Å²) in [4.78, 5) is 10.3. The van der Waals surface area contributed by atoms with Gasteiger partial charge in [0.1, 0.15) is 0 Å². The van der Waals surface area contributed by atoms with Crippen LogP contribution >= 0.6 is 0 Å². The Balaban J connectivity index is 0. The van der Waals surface area contributed by atoms with E-state index < -0.39 is 5.97 Å². The Bertz CT molecular complexity index is 384. The van der Waals surface area contributed by atoms with Gasteiger partial charge in [0.2, 0.25) is 0 Å². The summed E-state index contributed by atoms with van der Waals surface area (Å²) in [6, 6.07) is 0.652. The number of rotatable bonds is 27. The first kappa shape index (κ1) is 36.6. The quantitative estimate of drug-likeness (QED) is 0.111. The normalized spacial score (nSPS) is 11.0. The van der Waals surface area contributed by atoms with Crippen molar-refractivity contribution in [2.24, 2.45) is 0 Å². The topological polar surface area (TPSA) is 49.3 Å². The number of hydrogen-bond donors (Lipinski definition) is 2. The third-order valence-electron chi connectivity index (χ3n) is 6.83. The molecule has 0 unspecified atom stereocenters. The van der Waals surface area contributed by atoms with E-state index in [2.05, 4.69) is 33.0 Å². The predicted octanol–water partition coefficient (Wildman–Crippen LogP) is 10.8. The van der Waals surface area contributed by atoms with Crippen LogP contribution in [0, 0.1) is 0 Å². The van der Waals surface area contributed by atoms with Crippen molar-refractivity contribution < 1.29 is 9.90 Å². The van der Waals surface area contributed by atoms with Crippen LogP contribution in [0.5, 0.6) is 0 Å². The number of carboxylic acids is 1. The van der Waals surface area contributed by atoms with Gasteiger partial charge in [-0.3, -0.25) is 4.79 Å². The van der Waals surface area contributed by atoms with E-state index in [4.69, 9.17) is 5.11 Å². The van der Waals surface area contributed by atoms with Crippen LogP contribution in [0.1, 0.15) is 188 Å². The molecule has 3 nitrogen and oxygen atoms in total. The maximum atomic E-state index is 10.3. The molecule has 0 aliphatic carbocycles. The van der Waals surface area contributed by atoms with Gasteiger partial charge in [0, 0.05) is 12.5 Å². The van der Waals surface area contributed by atoms with Gasteiger partial charge < -0.3 is 10.4 Å². The zero-order chi connectivity index (χ0) is 26.2. The van der Waals surface area contributed by atoms with Gasteiger partial charge in [0.15, 0.2) is 0 Å². The first-order valence-corrected chi connectivity index (χ1v) is 16.0. The summed E-state index contributed by atoms with van der Waals surface area (Å²) in [6.45, 7) is 10.2. The fourth-order valence-corrected chi connectivity index (χ4v) is 4.47. The first-order valence-electron chi connectivity index (χ1n) is 16.0. The Hall–Kier alpha value is -0.570. The van der Waals surface area contributed by atoms with Crippen LogP contribution in [0.3, 0.4) is 0 Å². The predicted molar refractivity (Wildman–Crippen MR) is 158 cm³/mol. The number of aliphatic carboxylic acids is 1. The molecule has 0 bridgehead atoms. The van der Waals surface area contributed by atoms with Crippen molar-refractivity contribution in [1.29, 1.82) is 0 Å². The minimum Gasteiger partial charge on any atom is -0.481 e. The molecule has 0 saturated carbocycles. The highest BCUT2D eigenvalue weighted by molar-refractivity contribution is 5.66. The molecule has 0 aliphatic rings. The molecular weight excluding hydrogens is 430 g/mol. The molecule has 3 heteroatoms. The molecule has 0 rings (SSSR count). The Morgan fingerprint density at radius 1 is 0.514 bits per heavy atom. The first-order chi connectivity index (χ1) is 17.0. The van der Waals surface area contributed by atoms with E-state index in [1.165, 1.54) is 148 Å². The molecular formula is C32H67NO2. The van der Waals surface area contributed by atoms with Gasteiger partial charge in [0.05, 0.1) is 0 Å². The van der Waals surface area contributed by atoms with Crippen molar-refractivity contribution in [1.82, 2.24) is 5.32 Å². The average Bonchev–Trinajstić information content (AvgIpc) is 2.83. The van der Waals surface area contributed by atoms with Gasteiger partial charge in [-0.25, -0.2) is 0 Å². The minimum absolute atomic E-state index is 0.345. The molecule has 35 heavy (non-hydrogen) atoms. The fourth-order valence-electron chi connectivity index (χ4n) is 4.47. The lowest BCUT2D eigenvalue weighted by Crippen LogP contribution is -2.23. The summed E-state index contributed by atoms with van der Waals surface area (Å²) in [7, 11) is 0. The maximum absolute atomic E-state index is 10.3. The number of nitrogens with one attached hydrogen (secondary N) is 1. The van der Waals surface area contributed by atoms with Crippen molar-refractivity contribution in [2.75, 3.05) is 6.54 Å². The van der Waals surface area contributed by atoms with E-state index >= 15 is 0 Å². The van der Waals surface area contributed by atoms with E-state index in [-0.39, 0.29) is 0 Å². The molecule has 0 fully saturated rings. The Morgan fingerprint density at radius 2 is 0.800 bits per heavy atom. The zero-order valence-corrected chi connectivity index (χ0v) is 24.8. The van der Waals surface area contributed by atoms with E-state index in [0.717, 1.165) is 12.8 Å². The van der Waals surface area contributed by atoms with Crippen LogP contribution in [0.2, 0.25) is 0 Å².